The van der Waals surface area contributed by atoms with Crippen molar-refractivity contribution in [3.8, 4) is 16.9 Å². The van der Waals surface area contributed by atoms with Gasteiger partial charge in [0.05, 0.1) is 23.7 Å². The zero-order valence-corrected chi connectivity index (χ0v) is 21.6. The van der Waals surface area contributed by atoms with E-state index in [2.05, 4.69) is 15.0 Å². The molecule has 1 saturated heterocycles. The van der Waals surface area contributed by atoms with Gasteiger partial charge in [-0.1, -0.05) is 18.2 Å². The average molecular weight is 535 g/mol. The molecule has 1 aromatic carbocycles. The van der Waals surface area contributed by atoms with Crippen molar-refractivity contribution in [1.29, 1.82) is 0 Å². The molecule has 1 aliphatic rings. The fraction of sp³-hybridized carbons (Fsp3) is 0.321. The van der Waals surface area contributed by atoms with Crippen molar-refractivity contribution in [2.45, 2.75) is 25.9 Å². The summed E-state index contributed by atoms with van der Waals surface area (Å²) in [7, 11) is 1.61. The SMILES string of the molecule is COCCN1C[C@@H](CC(=O)Cc2c(C)c(-c3cnc(F)nc3)nn2-c2ccccc2)[C@H](c2ccnc(F)c2)O1. The number of para-hydroxylation sites is 1. The van der Waals surface area contributed by atoms with Gasteiger partial charge in [-0.2, -0.15) is 18.9 Å². The number of carbonyl (C=O) groups is 1. The molecule has 0 radical (unpaired) electrons. The van der Waals surface area contributed by atoms with Crippen LogP contribution in [0.5, 0.6) is 0 Å². The van der Waals surface area contributed by atoms with Gasteiger partial charge in [-0.15, -0.1) is 0 Å². The zero-order valence-electron chi connectivity index (χ0n) is 21.6. The van der Waals surface area contributed by atoms with Crippen LogP contribution >= 0.6 is 0 Å². The van der Waals surface area contributed by atoms with Gasteiger partial charge in [0.25, 0.3) is 0 Å². The topological polar surface area (TPSA) is 95.3 Å². The maximum atomic E-state index is 13.9. The molecule has 3 aromatic heterocycles. The molecule has 2 atom stereocenters. The van der Waals surface area contributed by atoms with E-state index in [1.54, 1.807) is 22.9 Å². The summed E-state index contributed by atoms with van der Waals surface area (Å²) in [4.78, 5) is 30.6. The lowest BCUT2D eigenvalue weighted by Crippen LogP contribution is -2.24. The van der Waals surface area contributed by atoms with Crippen molar-refractivity contribution < 1.29 is 23.1 Å². The molecule has 0 spiro atoms. The maximum Gasteiger partial charge on any atom is 0.308 e. The van der Waals surface area contributed by atoms with Crippen molar-refractivity contribution in [2.75, 3.05) is 26.8 Å². The van der Waals surface area contributed by atoms with Crippen molar-refractivity contribution in [3.63, 3.8) is 0 Å². The van der Waals surface area contributed by atoms with E-state index < -0.39 is 18.1 Å². The second-order valence-corrected chi connectivity index (χ2v) is 9.41. The Bertz CT molecular complexity index is 1430. The highest BCUT2D eigenvalue weighted by Crippen LogP contribution is 2.37. The van der Waals surface area contributed by atoms with Crippen LogP contribution < -0.4 is 0 Å². The highest BCUT2D eigenvalue weighted by Gasteiger charge is 2.37. The Morgan fingerprint density at radius 1 is 1.13 bits per heavy atom. The number of rotatable bonds is 10. The Morgan fingerprint density at radius 3 is 2.62 bits per heavy atom. The van der Waals surface area contributed by atoms with Crippen molar-refractivity contribution in [2.24, 2.45) is 5.92 Å². The molecule has 1 fully saturated rings. The van der Waals surface area contributed by atoms with E-state index in [0.717, 1.165) is 11.3 Å². The average Bonchev–Trinajstić information content (AvgIpc) is 3.49. The minimum atomic E-state index is -0.823. The molecule has 4 aromatic rings. The van der Waals surface area contributed by atoms with Gasteiger partial charge < -0.3 is 4.74 Å². The molecule has 0 saturated carbocycles. The first-order chi connectivity index (χ1) is 18.9. The standard InChI is InChI=1S/C28H28F2N6O3/c1-18-24(36(22-6-4-3-5-7-22)34-26(18)21-15-32-28(30)33-16-21)14-23(37)12-20-17-35(10-11-38-2)39-27(20)19-8-9-31-25(29)13-19/h3-9,13,15-16,20,27H,10-12,14,17H2,1-2H3/t20-,27+/m1/s1. The van der Waals surface area contributed by atoms with E-state index in [4.69, 9.17) is 14.7 Å². The number of Topliss-reactive ketones (excluding diaryl/α,β-unsaturated/α-hetero) is 1. The number of aromatic nitrogens is 5. The smallest absolute Gasteiger partial charge is 0.308 e. The normalized spacial score (nSPS) is 17.5. The van der Waals surface area contributed by atoms with Gasteiger partial charge in [0.1, 0.15) is 11.9 Å². The van der Waals surface area contributed by atoms with Crippen molar-refractivity contribution >= 4 is 5.78 Å². The molecule has 11 heteroatoms. The molecule has 9 nitrogen and oxygen atoms in total. The summed E-state index contributed by atoms with van der Waals surface area (Å²) in [5, 5.41) is 6.51. The van der Waals surface area contributed by atoms with Gasteiger partial charge in [-0.3, -0.25) is 9.63 Å². The molecular formula is C28H28F2N6O3. The monoisotopic (exact) mass is 534 g/mol. The number of ketones is 1. The van der Waals surface area contributed by atoms with Crippen LogP contribution in [0.25, 0.3) is 16.9 Å². The molecule has 4 heterocycles. The van der Waals surface area contributed by atoms with Crippen LogP contribution in [0.3, 0.4) is 0 Å². The molecule has 1 aliphatic heterocycles. The molecule has 0 amide bonds. The lowest BCUT2D eigenvalue weighted by Gasteiger charge is -2.17. The quantitative estimate of drug-likeness (QED) is 0.222. The summed E-state index contributed by atoms with van der Waals surface area (Å²) in [6.45, 7) is 3.36. The number of hydrogen-bond acceptors (Lipinski definition) is 8. The number of hydrogen-bond donors (Lipinski definition) is 0. The van der Waals surface area contributed by atoms with Crippen LogP contribution in [0.1, 0.15) is 29.3 Å². The molecule has 0 aliphatic carbocycles. The van der Waals surface area contributed by atoms with Gasteiger partial charge in [0.15, 0.2) is 0 Å². The Hall–Kier alpha value is -3.93. The number of ether oxygens (including phenoxy) is 1. The van der Waals surface area contributed by atoms with Gasteiger partial charge in [-0.05, 0) is 42.3 Å². The predicted octanol–water partition coefficient (Wildman–Crippen LogP) is 4.06. The lowest BCUT2D eigenvalue weighted by molar-refractivity contribution is -0.155. The molecule has 0 bridgehead atoms. The van der Waals surface area contributed by atoms with Crippen molar-refractivity contribution in [1.82, 2.24) is 29.8 Å². The number of benzene rings is 1. The molecule has 5 rings (SSSR count). The summed E-state index contributed by atoms with van der Waals surface area (Å²) < 4.78 is 34.2. The van der Waals surface area contributed by atoms with E-state index >= 15 is 0 Å². The van der Waals surface area contributed by atoms with Gasteiger partial charge in [0.2, 0.25) is 5.95 Å². The molecule has 0 N–H and O–H groups in total. The molecule has 39 heavy (non-hydrogen) atoms. The maximum absolute atomic E-state index is 13.9. The zero-order chi connectivity index (χ0) is 27.4. The summed E-state index contributed by atoms with van der Waals surface area (Å²) in [6, 6.07) is 12.5. The minimum absolute atomic E-state index is 0.0150. The number of hydroxylamine groups is 2. The second kappa shape index (κ2) is 11.9. The van der Waals surface area contributed by atoms with Crippen LogP contribution in [0.2, 0.25) is 0 Å². The highest BCUT2D eigenvalue weighted by molar-refractivity contribution is 5.82. The summed E-state index contributed by atoms with van der Waals surface area (Å²) in [5.74, 6) is -0.815. The number of nitrogens with zero attached hydrogens (tertiary/aromatic N) is 6. The third-order valence-electron chi connectivity index (χ3n) is 6.75. The van der Waals surface area contributed by atoms with Crippen LogP contribution in [0.15, 0.2) is 61.1 Å². The van der Waals surface area contributed by atoms with E-state index in [1.807, 2.05) is 37.3 Å². The Kier molecular flexibility index (Phi) is 8.10. The minimum Gasteiger partial charge on any atom is -0.383 e. The van der Waals surface area contributed by atoms with Gasteiger partial charge in [0, 0.05) is 63.1 Å². The van der Waals surface area contributed by atoms with Crippen LogP contribution in [0, 0.1) is 24.9 Å². The highest BCUT2D eigenvalue weighted by atomic mass is 19.1. The summed E-state index contributed by atoms with van der Waals surface area (Å²) in [5.41, 5.74) is 4.03. The third-order valence-corrected chi connectivity index (χ3v) is 6.75. The third kappa shape index (κ3) is 6.06. The largest absolute Gasteiger partial charge is 0.383 e. The lowest BCUT2D eigenvalue weighted by atomic mass is 9.91. The van der Waals surface area contributed by atoms with E-state index in [0.29, 0.717) is 42.2 Å². The molecular weight excluding hydrogens is 506 g/mol. The number of methoxy groups -OCH3 is 1. The van der Waals surface area contributed by atoms with E-state index in [9.17, 15) is 13.6 Å². The number of carbonyl (C=O) groups excluding carboxylic acids is 1. The molecule has 202 valence electrons. The van der Waals surface area contributed by atoms with Crippen LogP contribution in [-0.4, -0.2) is 62.4 Å². The second-order valence-electron chi connectivity index (χ2n) is 9.41. The van der Waals surface area contributed by atoms with Crippen LogP contribution in [0.4, 0.5) is 8.78 Å². The van der Waals surface area contributed by atoms with E-state index in [1.165, 1.54) is 24.7 Å². The number of halogens is 2. The Morgan fingerprint density at radius 2 is 1.90 bits per heavy atom. The van der Waals surface area contributed by atoms with E-state index in [-0.39, 0.29) is 24.5 Å². The van der Waals surface area contributed by atoms with Crippen molar-refractivity contribution in [3.05, 3.63) is 89.9 Å². The first-order valence-corrected chi connectivity index (χ1v) is 12.6. The Balaban J connectivity index is 1.42. The first-order valence-electron chi connectivity index (χ1n) is 12.6. The van der Waals surface area contributed by atoms with Crippen LogP contribution in [-0.2, 0) is 20.8 Å². The first kappa shape index (κ1) is 26.7. The fourth-order valence-electron chi connectivity index (χ4n) is 4.86. The molecule has 0 unspecified atom stereocenters. The fourth-order valence-corrected chi connectivity index (χ4v) is 4.86. The predicted molar refractivity (Wildman–Crippen MR) is 138 cm³/mol. The summed E-state index contributed by atoms with van der Waals surface area (Å²) in [6.07, 6.45) is 3.16. The number of pyridine rings is 1. The Labute approximate surface area is 224 Å². The van der Waals surface area contributed by atoms with Gasteiger partial charge in [-0.25, -0.2) is 19.6 Å². The van der Waals surface area contributed by atoms with Gasteiger partial charge >= 0.3 is 6.08 Å². The summed E-state index contributed by atoms with van der Waals surface area (Å²) >= 11 is 0.